The Morgan fingerprint density at radius 2 is 0.953 bits per heavy atom. The molecule has 200 valence electrons. The first-order chi connectivity index (χ1) is 21.3. The van der Waals surface area contributed by atoms with Crippen molar-refractivity contribution in [2.45, 2.75) is 5.41 Å². The van der Waals surface area contributed by atoms with E-state index in [4.69, 9.17) is 15.0 Å². The predicted octanol–water partition coefficient (Wildman–Crippen LogP) is 9.22. The Labute approximate surface area is 250 Å². The summed E-state index contributed by atoms with van der Waals surface area (Å²) in [5.74, 6) is 0.720. The molecule has 2 aliphatic carbocycles. The zero-order valence-electron chi connectivity index (χ0n) is 23.3. The van der Waals surface area contributed by atoms with Crippen LogP contribution in [0.1, 0.15) is 22.5 Å². The summed E-state index contributed by atoms with van der Waals surface area (Å²) < 4.78 is 0. The number of pyridine rings is 1. The lowest BCUT2D eigenvalue weighted by Crippen LogP contribution is -2.28. The topological polar surface area (TPSA) is 38.7 Å². The number of fused-ring (bicyclic) bond motifs is 10. The van der Waals surface area contributed by atoms with E-state index in [1.165, 1.54) is 22.3 Å². The molecular weight excluding hydrogens is 522 g/mol. The summed E-state index contributed by atoms with van der Waals surface area (Å²) in [5, 5.41) is 0. The third kappa shape index (κ3) is 3.33. The smallest absolute Gasteiger partial charge is 0.159 e. The first-order valence-corrected chi connectivity index (χ1v) is 14.6. The molecule has 0 atom stereocenters. The van der Waals surface area contributed by atoms with Crippen LogP contribution in [-0.2, 0) is 5.41 Å². The second-order valence-corrected chi connectivity index (χ2v) is 11.2. The van der Waals surface area contributed by atoms with Crippen molar-refractivity contribution in [3.63, 3.8) is 0 Å². The van der Waals surface area contributed by atoms with Gasteiger partial charge in [0.25, 0.3) is 0 Å². The van der Waals surface area contributed by atoms with Crippen molar-refractivity contribution in [3.8, 4) is 56.0 Å². The lowest BCUT2D eigenvalue weighted by molar-refractivity contribution is 0.731. The molecule has 7 aromatic rings. The van der Waals surface area contributed by atoms with Gasteiger partial charge < -0.3 is 0 Å². The predicted molar refractivity (Wildman–Crippen MR) is 172 cm³/mol. The van der Waals surface area contributed by atoms with Crippen molar-refractivity contribution < 1.29 is 0 Å². The van der Waals surface area contributed by atoms with Gasteiger partial charge in [-0.3, -0.25) is 4.98 Å². The van der Waals surface area contributed by atoms with E-state index in [0.29, 0.717) is 0 Å². The first-order valence-electron chi connectivity index (χ1n) is 14.6. The SMILES string of the molecule is c1ccc(-c2cc(-c3ccccc3)c3c(n2)C2(c4ccccc4-c4ccccc42)c2nc(-c4ccccc4)ncc2-3)cc1. The molecule has 0 unspecified atom stereocenters. The Hall–Kier alpha value is -5.67. The molecule has 0 radical (unpaired) electrons. The molecule has 9 rings (SSSR count). The lowest BCUT2D eigenvalue weighted by Gasteiger charge is -2.29. The molecule has 0 fully saturated rings. The molecule has 0 saturated heterocycles. The summed E-state index contributed by atoms with van der Waals surface area (Å²) in [6, 6.07) is 51.2. The highest BCUT2D eigenvalue weighted by molar-refractivity contribution is 5.99. The fourth-order valence-electron chi connectivity index (χ4n) is 7.13. The minimum atomic E-state index is -0.682. The summed E-state index contributed by atoms with van der Waals surface area (Å²) in [5.41, 5.74) is 13.7. The van der Waals surface area contributed by atoms with Crippen LogP contribution in [0.3, 0.4) is 0 Å². The maximum Gasteiger partial charge on any atom is 0.159 e. The van der Waals surface area contributed by atoms with E-state index in [9.17, 15) is 0 Å². The second kappa shape index (κ2) is 9.17. The fourth-order valence-corrected chi connectivity index (χ4v) is 7.13. The molecule has 43 heavy (non-hydrogen) atoms. The lowest BCUT2D eigenvalue weighted by atomic mass is 9.74. The van der Waals surface area contributed by atoms with Crippen molar-refractivity contribution in [1.29, 1.82) is 0 Å². The number of nitrogens with zero attached hydrogens (tertiary/aromatic N) is 3. The highest BCUT2D eigenvalue weighted by Gasteiger charge is 2.55. The van der Waals surface area contributed by atoms with Gasteiger partial charge in [0.2, 0.25) is 0 Å². The van der Waals surface area contributed by atoms with Crippen LogP contribution in [0, 0.1) is 0 Å². The maximum absolute atomic E-state index is 5.59. The van der Waals surface area contributed by atoms with Crippen LogP contribution in [0.5, 0.6) is 0 Å². The van der Waals surface area contributed by atoms with Gasteiger partial charge in [-0.25, -0.2) is 9.97 Å². The number of rotatable bonds is 3. The molecule has 0 aliphatic heterocycles. The molecular formula is C40H25N3. The Morgan fingerprint density at radius 1 is 0.419 bits per heavy atom. The van der Waals surface area contributed by atoms with Crippen molar-refractivity contribution in [2.24, 2.45) is 0 Å². The van der Waals surface area contributed by atoms with Gasteiger partial charge in [0.15, 0.2) is 5.82 Å². The van der Waals surface area contributed by atoms with Gasteiger partial charge in [-0.2, -0.15) is 0 Å². The van der Waals surface area contributed by atoms with Gasteiger partial charge in [-0.15, -0.1) is 0 Å². The van der Waals surface area contributed by atoms with Crippen molar-refractivity contribution >= 4 is 0 Å². The number of hydrogen-bond donors (Lipinski definition) is 0. The van der Waals surface area contributed by atoms with Crippen LogP contribution in [0.4, 0.5) is 0 Å². The zero-order chi connectivity index (χ0) is 28.4. The van der Waals surface area contributed by atoms with Crippen LogP contribution in [0.2, 0.25) is 0 Å². The van der Waals surface area contributed by atoms with Crippen molar-refractivity contribution in [1.82, 2.24) is 15.0 Å². The van der Waals surface area contributed by atoms with Crippen LogP contribution in [0.25, 0.3) is 56.0 Å². The van der Waals surface area contributed by atoms with Gasteiger partial charge >= 0.3 is 0 Å². The van der Waals surface area contributed by atoms with E-state index in [1.54, 1.807) is 0 Å². The van der Waals surface area contributed by atoms with Crippen molar-refractivity contribution in [3.05, 3.63) is 174 Å². The Bertz CT molecular complexity index is 2120. The highest BCUT2D eigenvalue weighted by Crippen LogP contribution is 2.63. The van der Waals surface area contributed by atoms with Gasteiger partial charge in [0, 0.05) is 28.5 Å². The molecule has 2 aromatic heterocycles. The molecule has 0 N–H and O–H groups in total. The van der Waals surface area contributed by atoms with Gasteiger partial charge in [0.1, 0.15) is 5.41 Å². The molecule has 2 heterocycles. The van der Waals surface area contributed by atoms with Crippen molar-refractivity contribution in [2.75, 3.05) is 0 Å². The normalized spacial score (nSPS) is 13.3. The highest BCUT2D eigenvalue weighted by atomic mass is 14.9. The third-order valence-electron chi connectivity index (χ3n) is 8.93. The molecule has 5 aromatic carbocycles. The summed E-state index contributed by atoms with van der Waals surface area (Å²) in [6.07, 6.45) is 2.03. The second-order valence-electron chi connectivity index (χ2n) is 11.2. The summed E-state index contributed by atoms with van der Waals surface area (Å²) in [7, 11) is 0. The molecule has 3 heteroatoms. The Balaban J connectivity index is 1.47. The van der Waals surface area contributed by atoms with E-state index in [2.05, 4.69) is 127 Å². The zero-order valence-corrected chi connectivity index (χ0v) is 23.3. The van der Waals surface area contributed by atoms with Crippen LogP contribution < -0.4 is 0 Å². The van der Waals surface area contributed by atoms with Crippen LogP contribution in [-0.4, -0.2) is 15.0 Å². The summed E-state index contributed by atoms with van der Waals surface area (Å²) in [4.78, 5) is 16.0. The summed E-state index contributed by atoms with van der Waals surface area (Å²) >= 11 is 0. The van der Waals surface area contributed by atoms with Gasteiger partial charge in [-0.1, -0.05) is 140 Å². The van der Waals surface area contributed by atoms with E-state index < -0.39 is 5.41 Å². The number of hydrogen-bond acceptors (Lipinski definition) is 3. The quantitative estimate of drug-likeness (QED) is 0.221. The van der Waals surface area contributed by atoms with Crippen LogP contribution >= 0.6 is 0 Å². The van der Waals surface area contributed by atoms with E-state index >= 15 is 0 Å². The molecule has 0 amide bonds. The van der Waals surface area contributed by atoms with E-state index in [1.807, 2.05) is 24.4 Å². The molecule has 2 aliphatic rings. The monoisotopic (exact) mass is 547 g/mol. The third-order valence-corrected chi connectivity index (χ3v) is 8.93. The Morgan fingerprint density at radius 3 is 1.58 bits per heavy atom. The average molecular weight is 548 g/mol. The average Bonchev–Trinajstić information content (AvgIpc) is 3.56. The van der Waals surface area contributed by atoms with Gasteiger partial charge in [0.05, 0.1) is 17.1 Å². The number of aromatic nitrogens is 3. The molecule has 3 nitrogen and oxygen atoms in total. The minimum Gasteiger partial charge on any atom is -0.250 e. The molecule has 0 bridgehead atoms. The Kier molecular flexibility index (Phi) is 5.11. The maximum atomic E-state index is 5.59. The van der Waals surface area contributed by atoms with Gasteiger partial charge in [-0.05, 0) is 39.4 Å². The molecule has 1 spiro atoms. The number of benzene rings is 5. The fraction of sp³-hybridized carbons (Fsp3) is 0.0250. The molecule has 0 saturated carbocycles. The minimum absolute atomic E-state index is 0.682. The largest absolute Gasteiger partial charge is 0.250 e. The standard InChI is InChI=1S/C40H25N3/c1-4-14-26(15-5-1)31-24-35(27-16-6-2-7-17-27)42-38-36(31)32-25-41-39(28-18-8-3-9-19-28)43-37(32)40(38)33-22-12-10-20-29(33)30-21-11-13-23-34(30)40/h1-25H. The van der Waals surface area contributed by atoms with E-state index in [-0.39, 0.29) is 0 Å². The first kappa shape index (κ1) is 24.0. The summed E-state index contributed by atoms with van der Waals surface area (Å²) in [6.45, 7) is 0. The van der Waals surface area contributed by atoms with Crippen LogP contribution in [0.15, 0.2) is 152 Å². The van der Waals surface area contributed by atoms with E-state index in [0.717, 1.165) is 56.3 Å².